The molecule has 3 N–H and O–H groups in total. The van der Waals surface area contributed by atoms with E-state index in [1.54, 1.807) is 37.4 Å². The van der Waals surface area contributed by atoms with Crippen molar-refractivity contribution in [1.29, 1.82) is 0 Å². The van der Waals surface area contributed by atoms with Crippen LogP contribution in [0.4, 0.5) is 21.7 Å². The summed E-state index contributed by atoms with van der Waals surface area (Å²) in [7, 11) is 3.04. The maximum atomic E-state index is 15.2. The van der Waals surface area contributed by atoms with Crippen molar-refractivity contribution in [3.63, 3.8) is 0 Å². The fourth-order valence-corrected chi connectivity index (χ4v) is 6.02. The SMILES string of the molecule is COCCNC(=O)Cc1ccc(Oc2nc(Nc3ccc(OCCN4CCN(C(C)C)CC4)c(F)c3)ncc2C(=O)Nc2c(C)cccc2C)c(OC)c1. The van der Waals surface area contributed by atoms with E-state index in [9.17, 15) is 9.59 Å². The van der Waals surface area contributed by atoms with Crippen molar-refractivity contribution in [3.8, 4) is 23.1 Å². The average Bonchev–Trinajstić information content (AvgIpc) is 3.15. The highest BCUT2D eigenvalue weighted by atomic mass is 19.1. The maximum Gasteiger partial charge on any atom is 0.262 e. The first kappa shape index (κ1) is 39.9. The van der Waals surface area contributed by atoms with Crippen LogP contribution in [0.1, 0.15) is 40.9 Å². The van der Waals surface area contributed by atoms with Gasteiger partial charge in [-0.25, -0.2) is 9.37 Å². The molecule has 5 rings (SSSR count). The molecule has 0 aliphatic carbocycles. The van der Waals surface area contributed by atoms with Crippen LogP contribution in [0.3, 0.4) is 0 Å². The topological polar surface area (TPSA) is 139 Å². The van der Waals surface area contributed by atoms with Crippen molar-refractivity contribution in [1.82, 2.24) is 25.1 Å². The molecule has 2 amide bonds. The molecule has 0 bridgehead atoms. The van der Waals surface area contributed by atoms with Gasteiger partial charge in [-0.1, -0.05) is 24.3 Å². The van der Waals surface area contributed by atoms with Gasteiger partial charge in [0, 0.05) is 76.1 Å². The van der Waals surface area contributed by atoms with E-state index in [0.717, 1.165) is 37.3 Å². The molecule has 54 heavy (non-hydrogen) atoms. The van der Waals surface area contributed by atoms with Gasteiger partial charge in [-0.15, -0.1) is 0 Å². The molecule has 13 nitrogen and oxygen atoms in total. The summed E-state index contributed by atoms with van der Waals surface area (Å²) in [5.41, 5.74) is 3.53. The van der Waals surface area contributed by atoms with E-state index >= 15 is 4.39 Å². The van der Waals surface area contributed by atoms with Gasteiger partial charge < -0.3 is 34.9 Å². The number of anilines is 3. The number of nitrogens with one attached hydrogen (secondary N) is 3. The number of carbonyl (C=O) groups is 2. The first-order valence-electron chi connectivity index (χ1n) is 18.1. The van der Waals surface area contributed by atoms with Crippen molar-refractivity contribution >= 4 is 29.1 Å². The van der Waals surface area contributed by atoms with E-state index in [-0.39, 0.29) is 41.2 Å². The minimum absolute atomic E-state index is 0.0485. The summed E-state index contributed by atoms with van der Waals surface area (Å²) in [4.78, 5) is 39.8. The Hall–Kier alpha value is -5.31. The Kier molecular flexibility index (Phi) is 14.1. The Morgan fingerprint density at radius 1 is 0.926 bits per heavy atom. The lowest BCUT2D eigenvalue weighted by Gasteiger charge is -2.36. The summed E-state index contributed by atoms with van der Waals surface area (Å²) in [5, 5.41) is 8.75. The van der Waals surface area contributed by atoms with Crippen LogP contribution in [0.5, 0.6) is 23.1 Å². The fourth-order valence-electron chi connectivity index (χ4n) is 6.02. The van der Waals surface area contributed by atoms with Crippen LogP contribution in [0, 0.1) is 19.7 Å². The zero-order chi connectivity index (χ0) is 38.6. The first-order valence-corrected chi connectivity index (χ1v) is 18.1. The minimum atomic E-state index is -0.539. The highest BCUT2D eigenvalue weighted by Crippen LogP contribution is 2.34. The molecule has 0 spiro atoms. The number of nitrogens with zero attached hydrogens (tertiary/aromatic N) is 4. The zero-order valence-corrected chi connectivity index (χ0v) is 31.8. The molecule has 1 aromatic heterocycles. The second-order valence-electron chi connectivity index (χ2n) is 13.3. The van der Waals surface area contributed by atoms with Crippen molar-refractivity contribution in [2.24, 2.45) is 0 Å². The number of amides is 2. The number of ether oxygens (including phenoxy) is 4. The Morgan fingerprint density at radius 3 is 2.35 bits per heavy atom. The Balaban J connectivity index is 1.32. The van der Waals surface area contributed by atoms with E-state index in [2.05, 4.69) is 49.6 Å². The van der Waals surface area contributed by atoms with Crippen molar-refractivity contribution < 1.29 is 32.9 Å². The number of aryl methyl sites for hydroxylation is 2. The monoisotopic (exact) mass is 743 g/mol. The molecule has 1 fully saturated rings. The quantitative estimate of drug-likeness (QED) is 0.114. The summed E-state index contributed by atoms with van der Waals surface area (Å²) in [6, 6.07) is 15.8. The molecule has 0 atom stereocenters. The lowest BCUT2D eigenvalue weighted by molar-refractivity contribution is -0.120. The molecule has 14 heteroatoms. The van der Waals surface area contributed by atoms with Crippen LogP contribution in [-0.2, 0) is 16.0 Å². The molecule has 0 unspecified atom stereocenters. The third-order valence-corrected chi connectivity index (χ3v) is 9.14. The lowest BCUT2D eigenvalue weighted by atomic mass is 10.1. The minimum Gasteiger partial charge on any atom is -0.493 e. The lowest BCUT2D eigenvalue weighted by Crippen LogP contribution is -2.49. The Bertz CT molecular complexity index is 1880. The third-order valence-electron chi connectivity index (χ3n) is 9.14. The molecule has 1 saturated heterocycles. The molecule has 3 aromatic carbocycles. The van der Waals surface area contributed by atoms with Gasteiger partial charge in [-0.3, -0.25) is 19.4 Å². The van der Waals surface area contributed by atoms with Crippen LogP contribution in [-0.4, -0.2) is 104 Å². The van der Waals surface area contributed by atoms with Crippen molar-refractivity contribution in [2.75, 3.05) is 77.3 Å². The molecule has 1 aliphatic rings. The maximum absolute atomic E-state index is 15.2. The molecule has 0 radical (unpaired) electrons. The summed E-state index contributed by atoms with van der Waals surface area (Å²) in [6.45, 7) is 14.0. The molecule has 2 heterocycles. The smallest absolute Gasteiger partial charge is 0.262 e. The summed E-state index contributed by atoms with van der Waals surface area (Å²) in [6.07, 6.45) is 1.45. The van der Waals surface area contributed by atoms with Gasteiger partial charge in [0.15, 0.2) is 23.1 Å². The molecule has 1 aliphatic heterocycles. The van der Waals surface area contributed by atoms with Gasteiger partial charge in [0.25, 0.3) is 5.91 Å². The molecule has 0 saturated carbocycles. The number of hydrogen-bond acceptors (Lipinski definition) is 11. The van der Waals surface area contributed by atoms with Gasteiger partial charge in [-0.2, -0.15) is 4.98 Å². The van der Waals surface area contributed by atoms with Crippen LogP contribution in [0.25, 0.3) is 0 Å². The van der Waals surface area contributed by atoms with Crippen LogP contribution >= 0.6 is 0 Å². The predicted octanol–water partition coefficient (Wildman–Crippen LogP) is 5.74. The molecular weight excluding hydrogens is 693 g/mol. The van der Waals surface area contributed by atoms with Gasteiger partial charge >= 0.3 is 0 Å². The highest BCUT2D eigenvalue weighted by Gasteiger charge is 2.22. The average molecular weight is 744 g/mol. The van der Waals surface area contributed by atoms with Crippen molar-refractivity contribution in [2.45, 2.75) is 40.2 Å². The van der Waals surface area contributed by atoms with Gasteiger partial charge in [-0.05, 0) is 68.7 Å². The number of benzene rings is 3. The number of methoxy groups -OCH3 is 2. The number of piperazine rings is 1. The molecule has 288 valence electrons. The first-order chi connectivity index (χ1) is 26.0. The Labute approximate surface area is 316 Å². The van der Waals surface area contributed by atoms with Crippen LogP contribution in [0.15, 0.2) is 60.8 Å². The highest BCUT2D eigenvalue weighted by molar-refractivity contribution is 6.06. The standard InChI is InChI=1S/C40H50FN7O6/c1-26(2)48-17-15-47(16-18-48)19-21-53-33-13-11-30(24-32(33)41)44-40-43-25-31(38(50)45-37-27(3)8-7-9-28(37)4)39(46-40)54-34-12-10-29(22-35(34)52-6)23-36(49)42-14-20-51-5/h7-13,22,24-26H,14-21,23H2,1-6H3,(H,42,49)(H,45,50)(H,43,44,46). The number of hydrogen-bond donors (Lipinski definition) is 3. The normalized spacial score (nSPS) is 13.4. The summed E-state index contributed by atoms with van der Waals surface area (Å²) in [5.74, 6) is -0.503. The van der Waals surface area contributed by atoms with E-state index < -0.39 is 11.7 Å². The number of carbonyl (C=O) groups excluding carboxylic acids is 2. The predicted molar refractivity (Wildman–Crippen MR) is 206 cm³/mol. The number of aromatic nitrogens is 2. The number of halogens is 1. The molecular formula is C40H50FN7O6. The number of rotatable bonds is 17. The summed E-state index contributed by atoms with van der Waals surface area (Å²) >= 11 is 0. The van der Waals surface area contributed by atoms with E-state index in [4.69, 9.17) is 18.9 Å². The number of para-hydroxylation sites is 1. The zero-order valence-electron chi connectivity index (χ0n) is 31.8. The third kappa shape index (κ3) is 10.9. The van der Waals surface area contributed by atoms with Gasteiger partial charge in [0.05, 0.1) is 20.1 Å². The van der Waals surface area contributed by atoms with E-state index in [1.165, 1.54) is 19.4 Å². The Morgan fingerprint density at radius 2 is 1.67 bits per heavy atom. The largest absolute Gasteiger partial charge is 0.493 e. The summed E-state index contributed by atoms with van der Waals surface area (Å²) < 4.78 is 37.8. The van der Waals surface area contributed by atoms with E-state index in [0.29, 0.717) is 55.0 Å². The van der Waals surface area contributed by atoms with Crippen molar-refractivity contribution in [3.05, 3.63) is 88.9 Å². The van der Waals surface area contributed by atoms with Gasteiger partial charge in [0.1, 0.15) is 12.2 Å². The van der Waals surface area contributed by atoms with E-state index in [1.807, 2.05) is 32.0 Å². The van der Waals surface area contributed by atoms with Crippen LogP contribution < -0.4 is 30.2 Å². The fraction of sp³-hybridized carbons (Fsp3) is 0.400. The second-order valence-corrected chi connectivity index (χ2v) is 13.3. The van der Waals surface area contributed by atoms with Crippen LogP contribution in [0.2, 0.25) is 0 Å². The molecule has 4 aromatic rings. The second kappa shape index (κ2) is 19.1. The van der Waals surface area contributed by atoms with Gasteiger partial charge in [0.2, 0.25) is 17.7 Å².